The van der Waals surface area contributed by atoms with Gasteiger partial charge in [0, 0.05) is 24.4 Å². The van der Waals surface area contributed by atoms with E-state index < -0.39 is 4.92 Å². The summed E-state index contributed by atoms with van der Waals surface area (Å²) >= 11 is 0. The molecule has 6 nitrogen and oxygen atoms in total. The second-order valence-electron chi connectivity index (χ2n) is 4.47. The molecule has 1 amide bonds. The average molecular weight is 265 g/mol. The van der Waals surface area contributed by atoms with Crippen LogP contribution in [0.2, 0.25) is 0 Å². The van der Waals surface area contributed by atoms with Crippen molar-refractivity contribution in [1.82, 2.24) is 0 Å². The predicted octanol–water partition coefficient (Wildman–Crippen LogP) is 2.22. The molecule has 0 bridgehead atoms. The van der Waals surface area contributed by atoms with E-state index in [-0.39, 0.29) is 17.5 Å². The molecule has 6 heteroatoms. The van der Waals surface area contributed by atoms with E-state index in [2.05, 4.69) is 5.32 Å². The van der Waals surface area contributed by atoms with Crippen molar-refractivity contribution in [3.63, 3.8) is 0 Å². The first-order valence-corrected chi connectivity index (χ1v) is 6.25. The first-order valence-electron chi connectivity index (χ1n) is 6.25. The van der Waals surface area contributed by atoms with Crippen LogP contribution in [-0.4, -0.2) is 17.4 Å². The summed E-state index contributed by atoms with van der Waals surface area (Å²) in [5.74, 6) is -0.360. The fourth-order valence-electron chi connectivity index (χ4n) is 1.84. The molecule has 0 aromatic heterocycles. The third-order valence-electron chi connectivity index (χ3n) is 2.97. The van der Waals surface area contributed by atoms with Gasteiger partial charge in [-0.25, -0.2) is 0 Å². The molecule has 1 atom stereocenters. The number of carbonyl (C=O) groups excluding carboxylic acids is 1. The van der Waals surface area contributed by atoms with Crippen LogP contribution in [0, 0.1) is 23.0 Å². The molecule has 1 unspecified atom stereocenters. The lowest BCUT2D eigenvalue weighted by atomic mass is 10.0. The number of aryl methyl sites for hydroxylation is 1. The summed E-state index contributed by atoms with van der Waals surface area (Å²) in [5, 5.41) is 13.4. The van der Waals surface area contributed by atoms with Crippen molar-refractivity contribution in [2.45, 2.75) is 26.7 Å². The van der Waals surface area contributed by atoms with Gasteiger partial charge in [-0.1, -0.05) is 13.3 Å². The van der Waals surface area contributed by atoms with E-state index in [1.54, 1.807) is 13.0 Å². The van der Waals surface area contributed by atoms with Crippen molar-refractivity contribution in [2.75, 3.05) is 11.9 Å². The van der Waals surface area contributed by atoms with E-state index in [0.29, 0.717) is 17.8 Å². The zero-order valence-electron chi connectivity index (χ0n) is 11.2. The zero-order chi connectivity index (χ0) is 14.4. The van der Waals surface area contributed by atoms with Gasteiger partial charge >= 0.3 is 0 Å². The van der Waals surface area contributed by atoms with Crippen LogP contribution in [0.3, 0.4) is 0 Å². The Hall–Kier alpha value is -1.95. The fourth-order valence-corrected chi connectivity index (χ4v) is 1.84. The van der Waals surface area contributed by atoms with Gasteiger partial charge in [0.15, 0.2) is 0 Å². The van der Waals surface area contributed by atoms with Crippen molar-refractivity contribution in [3.8, 4) is 0 Å². The molecule has 1 aromatic rings. The number of nitrogens with two attached hydrogens (primary N) is 1. The molecule has 104 valence electrons. The molecule has 0 aliphatic rings. The minimum absolute atomic E-state index is 0.0134. The Bertz CT molecular complexity index is 474. The van der Waals surface area contributed by atoms with Gasteiger partial charge in [-0.3, -0.25) is 14.9 Å². The average Bonchev–Trinajstić information content (AvgIpc) is 2.37. The standard InChI is InChI=1S/C13H19N3O3/c1-3-4-10(8-14)13(17)15-12-6-5-11(16(18)19)7-9(12)2/h5-7,10H,3-4,8,14H2,1-2H3,(H,15,17). The number of hydrogen-bond acceptors (Lipinski definition) is 4. The largest absolute Gasteiger partial charge is 0.330 e. The molecule has 0 aliphatic heterocycles. The van der Waals surface area contributed by atoms with E-state index in [1.165, 1.54) is 12.1 Å². The lowest BCUT2D eigenvalue weighted by Crippen LogP contribution is -2.29. The van der Waals surface area contributed by atoms with Crippen molar-refractivity contribution < 1.29 is 9.72 Å². The number of carbonyl (C=O) groups is 1. The first kappa shape index (κ1) is 15.1. The molecule has 0 aliphatic carbocycles. The second-order valence-corrected chi connectivity index (χ2v) is 4.47. The summed E-state index contributed by atoms with van der Waals surface area (Å²) in [6.45, 7) is 4.01. The Kier molecular flexibility index (Phi) is 5.44. The summed E-state index contributed by atoms with van der Waals surface area (Å²) in [4.78, 5) is 22.1. The molecule has 3 N–H and O–H groups in total. The number of nitrogens with zero attached hydrogens (tertiary/aromatic N) is 1. The van der Waals surface area contributed by atoms with Gasteiger partial charge in [0.2, 0.25) is 5.91 Å². The van der Waals surface area contributed by atoms with Crippen molar-refractivity contribution in [1.29, 1.82) is 0 Å². The van der Waals surface area contributed by atoms with Crippen LogP contribution in [0.1, 0.15) is 25.3 Å². The monoisotopic (exact) mass is 265 g/mol. The van der Waals surface area contributed by atoms with Crippen LogP contribution in [-0.2, 0) is 4.79 Å². The maximum atomic E-state index is 12.0. The second kappa shape index (κ2) is 6.84. The smallest absolute Gasteiger partial charge is 0.269 e. The Morgan fingerprint density at radius 2 is 2.21 bits per heavy atom. The molecule has 1 rings (SSSR count). The molecular formula is C13H19N3O3. The highest BCUT2D eigenvalue weighted by molar-refractivity contribution is 5.93. The third-order valence-corrected chi connectivity index (χ3v) is 2.97. The topological polar surface area (TPSA) is 98.3 Å². The SMILES string of the molecule is CCCC(CN)C(=O)Nc1ccc([N+](=O)[O-])cc1C. The van der Waals surface area contributed by atoms with E-state index in [4.69, 9.17) is 5.73 Å². The molecule has 19 heavy (non-hydrogen) atoms. The van der Waals surface area contributed by atoms with Gasteiger partial charge < -0.3 is 11.1 Å². The van der Waals surface area contributed by atoms with Crippen LogP contribution < -0.4 is 11.1 Å². The van der Waals surface area contributed by atoms with E-state index >= 15 is 0 Å². The summed E-state index contributed by atoms with van der Waals surface area (Å²) in [6.07, 6.45) is 1.61. The predicted molar refractivity (Wildman–Crippen MR) is 73.9 cm³/mol. The third kappa shape index (κ3) is 4.03. The van der Waals surface area contributed by atoms with Gasteiger partial charge in [-0.05, 0) is 25.0 Å². The number of amides is 1. The van der Waals surface area contributed by atoms with E-state index in [9.17, 15) is 14.9 Å². The number of non-ortho nitro benzene ring substituents is 1. The summed E-state index contributed by atoms with van der Waals surface area (Å²) in [6, 6.07) is 4.36. The molecule has 1 aromatic carbocycles. The molecule has 0 radical (unpaired) electrons. The maximum absolute atomic E-state index is 12.0. The lowest BCUT2D eigenvalue weighted by Gasteiger charge is -2.15. The Balaban J connectivity index is 2.82. The number of benzene rings is 1. The van der Waals surface area contributed by atoms with Gasteiger partial charge in [0.05, 0.1) is 10.8 Å². The van der Waals surface area contributed by atoms with E-state index in [0.717, 1.165) is 12.8 Å². The van der Waals surface area contributed by atoms with Crippen LogP contribution in [0.4, 0.5) is 11.4 Å². The fraction of sp³-hybridized carbons (Fsp3) is 0.462. The zero-order valence-corrected chi connectivity index (χ0v) is 11.2. The van der Waals surface area contributed by atoms with Crippen molar-refractivity contribution in [2.24, 2.45) is 11.7 Å². The first-order chi connectivity index (χ1) is 8.99. The number of hydrogen-bond donors (Lipinski definition) is 2. The number of nitro benzene ring substituents is 1. The summed E-state index contributed by atoms with van der Waals surface area (Å²) in [7, 11) is 0. The minimum atomic E-state index is -0.460. The number of nitro groups is 1. The lowest BCUT2D eigenvalue weighted by molar-refractivity contribution is -0.384. The molecule has 0 spiro atoms. The van der Waals surface area contributed by atoms with E-state index in [1.807, 2.05) is 6.92 Å². The Morgan fingerprint density at radius 3 is 2.68 bits per heavy atom. The maximum Gasteiger partial charge on any atom is 0.269 e. The van der Waals surface area contributed by atoms with Gasteiger partial charge in [-0.15, -0.1) is 0 Å². The van der Waals surface area contributed by atoms with Crippen LogP contribution in [0.25, 0.3) is 0 Å². The number of nitrogens with one attached hydrogen (secondary N) is 1. The number of rotatable bonds is 6. The Labute approximate surface area is 112 Å². The number of anilines is 1. The molecule has 0 saturated heterocycles. The quantitative estimate of drug-likeness (QED) is 0.608. The van der Waals surface area contributed by atoms with Crippen LogP contribution in [0.5, 0.6) is 0 Å². The normalized spacial score (nSPS) is 11.9. The molecule has 0 saturated carbocycles. The molecule has 0 heterocycles. The van der Waals surface area contributed by atoms with Gasteiger partial charge in [0.25, 0.3) is 5.69 Å². The van der Waals surface area contributed by atoms with Crippen molar-refractivity contribution in [3.05, 3.63) is 33.9 Å². The van der Waals surface area contributed by atoms with Crippen molar-refractivity contribution >= 4 is 17.3 Å². The molecular weight excluding hydrogens is 246 g/mol. The molecule has 0 fully saturated rings. The Morgan fingerprint density at radius 1 is 1.53 bits per heavy atom. The van der Waals surface area contributed by atoms with Crippen LogP contribution >= 0.6 is 0 Å². The van der Waals surface area contributed by atoms with Gasteiger partial charge in [0.1, 0.15) is 0 Å². The summed E-state index contributed by atoms with van der Waals surface area (Å²) in [5.41, 5.74) is 6.83. The summed E-state index contributed by atoms with van der Waals surface area (Å²) < 4.78 is 0. The van der Waals surface area contributed by atoms with Crippen LogP contribution in [0.15, 0.2) is 18.2 Å². The van der Waals surface area contributed by atoms with Gasteiger partial charge in [-0.2, -0.15) is 0 Å². The highest BCUT2D eigenvalue weighted by Crippen LogP contribution is 2.22. The highest BCUT2D eigenvalue weighted by Gasteiger charge is 2.17. The highest BCUT2D eigenvalue weighted by atomic mass is 16.6. The minimum Gasteiger partial charge on any atom is -0.330 e.